The first-order chi connectivity index (χ1) is 9.40. The standard InChI is InChI=1S/C11H14BrN3O4S/c12-10-7-8(15(16)17)1-2-11(10)14-20(18,19)9-3-5-13-6-4-9/h1-2,7,9,13-14H,3-6H2. The summed E-state index contributed by atoms with van der Waals surface area (Å²) in [5.74, 6) is 0. The molecule has 0 amide bonds. The minimum Gasteiger partial charge on any atom is -0.317 e. The molecule has 1 aliphatic heterocycles. The summed E-state index contributed by atoms with van der Waals surface area (Å²) in [6.07, 6.45) is 1.11. The Morgan fingerprint density at radius 1 is 1.35 bits per heavy atom. The van der Waals surface area contributed by atoms with Crippen LogP contribution in [-0.4, -0.2) is 31.7 Å². The fourth-order valence-electron chi connectivity index (χ4n) is 2.04. The van der Waals surface area contributed by atoms with Crippen LogP contribution >= 0.6 is 15.9 Å². The molecule has 110 valence electrons. The third-order valence-electron chi connectivity index (χ3n) is 3.14. The third-order valence-corrected chi connectivity index (χ3v) is 5.65. The molecule has 0 aromatic heterocycles. The monoisotopic (exact) mass is 363 g/mol. The van der Waals surface area contributed by atoms with Gasteiger partial charge in [0.1, 0.15) is 0 Å². The second-order valence-corrected chi connectivity index (χ2v) is 7.33. The number of nitrogens with one attached hydrogen (secondary N) is 2. The molecule has 2 N–H and O–H groups in total. The number of sulfonamides is 1. The molecular formula is C11H14BrN3O4S. The lowest BCUT2D eigenvalue weighted by Gasteiger charge is -2.23. The summed E-state index contributed by atoms with van der Waals surface area (Å²) in [5, 5.41) is 13.3. The molecule has 0 saturated carbocycles. The maximum absolute atomic E-state index is 12.2. The fourth-order valence-corrected chi connectivity index (χ4v) is 4.15. The van der Waals surface area contributed by atoms with Crippen molar-refractivity contribution < 1.29 is 13.3 Å². The molecule has 0 bridgehead atoms. The summed E-state index contributed by atoms with van der Waals surface area (Å²) in [6, 6.07) is 3.94. The van der Waals surface area contributed by atoms with E-state index in [1.165, 1.54) is 18.2 Å². The molecule has 1 aliphatic rings. The van der Waals surface area contributed by atoms with Crippen molar-refractivity contribution in [1.82, 2.24) is 5.32 Å². The van der Waals surface area contributed by atoms with Gasteiger partial charge in [-0.15, -0.1) is 0 Å². The van der Waals surface area contributed by atoms with E-state index in [4.69, 9.17) is 0 Å². The summed E-state index contributed by atoms with van der Waals surface area (Å²) < 4.78 is 27.3. The van der Waals surface area contributed by atoms with Gasteiger partial charge in [-0.3, -0.25) is 14.8 Å². The Morgan fingerprint density at radius 2 is 2.00 bits per heavy atom. The van der Waals surface area contributed by atoms with Crippen molar-refractivity contribution in [3.63, 3.8) is 0 Å². The van der Waals surface area contributed by atoms with Gasteiger partial charge in [-0.1, -0.05) is 0 Å². The molecule has 9 heteroatoms. The summed E-state index contributed by atoms with van der Waals surface area (Å²) >= 11 is 3.15. The molecule has 1 aromatic rings. The van der Waals surface area contributed by atoms with E-state index in [2.05, 4.69) is 26.0 Å². The van der Waals surface area contributed by atoms with Crippen LogP contribution in [0.25, 0.3) is 0 Å². The van der Waals surface area contributed by atoms with Gasteiger partial charge in [0.2, 0.25) is 10.0 Å². The number of rotatable bonds is 4. The highest BCUT2D eigenvalue weighted by molar-refractivity contribution is 9.10. The Balaban J connectivity index is 2.18. The summed E-state index contributed by atoms with van der Waals surface area (Å²) in [4.78, 5) is 10.1. The van der Waals surface area contributed by atoms with Crippen molar-refractivity contribution >= 4 is 37.3 Å². The van der Waals surface area contributed by atoms with E-state index in [1.807, 2.05) is 0 Å². The van der Waals surface area contributed by atoms with Crippen LogP contribution in [0, 0.1) is 10.1 Å². The minimum absolute atomic E-state index is 0.0957. The van der Waals surface area contributed by atoms with E-state index in [9.17, 15) is 18.5 Å². The Morgan fingerprint density at radius 3 is 2.55 bits per heavy atom. The average Bonchev–Trinajstić information content (AvgIpc) is 2.41. The molecule has 0 unspecified atom stereocenters. The topological polar surface area (TPSA) is 101 Å². The minimum atomic E-state index is -3.48. The molecule has 0 atom stereocenters. The second-order valence-electron chi connectivity index (χ2n) is 4.52. The number of nitrogens with zero attached hydrogens (tertiary/aromatic N) is 1. The highest BCUT2D eigenvalue weighted by Crippen LogP contribution is 2.29. The van der Waals surface area contributed by atoms with Crippen LogP contribution in [0.5, 0.6) is 0 Å². The number of halogens is 1. The Bertz CT molecular complexity index is 614. The van der Waals surface area contributed by atoms with Gasteiger partial charge in [0.05, 0.1) is 15.9 Å². The third kappa shape index (κ3) is 3.47. The van der Waals surface area contributed by atoms with E-state index in [0.29, 0.717) is 36.1 Å². The Labute approximate surface area is 125 Å². The molecule has 0 spiro atoms. The van der Waals surface area contributed by atoms with Gasteiger partial charge in [0.15, 0.2) is 0 Å². The number of benzene rings is 1. The molecule has 1 aromatic carbocycles. The smallest absolute Gasteiger partial charge is 0.270 e. The molecule has 20 heavy (non-hydrogen) atoms. The normalized spacial score (nSPS) is 16.9. The van der Waals surface area contributed by atoms with E-state index >= 15 is 0 Å². The lowest BCUT2D eigenvalue weighted by atomic mass is 10.2. The SMILES string of the molecule is O=[N+]([O-])c1ccc(NS(=O)(=O)C2CCNCC2)c(Br)c1. The van der Waals surface area contributed by atoms with Gasteiger partial charge in [0.25, 0.3) is 5.69 Å². The van der Waals surface area contributed by atoms with Crippen LogP contribution in [-0.2, 0) is 10.0 Å². The van der Waals surface area contributed by atoms with E-state index in [-0.39, 0.29) is 5.69 Å². The number of nitro groups is 1. The first kappa shape index (κ1) is 15.2. The number of anilines is 1. The summed E-state index contributed by atoms with van der Waals surface area (Å²) in [7, 11) is -3.48. The first-order valence-electron chi connectivity index (χ1n) is 6.06. The summed E-state index contributed by atoms with van der Waals surface area (Å²) in [5.41, 5.74) is 0.218. The molecule has 0 radical (unpaired) electrons. The fraction of sp³-hybridized carbons (Fsp3) is 0.455. The van der Waals surface area contributed by atoms with Crippen LogP contribution in [0.3, 0.4) is 0 Å². The molecule has 0 aliphatic carbocycles. The predicted molar refractivity (Wildman–Crippen MR) is 79.2 cm³/mol. The molecule has 2 rings (SSSR count). The number of hydrogen-bond donors (Lipinski definition) is 2. The quantitative estimate of drug-likeness (QED) is 0.627. The van der Waals surface area contributed by atoms with Crippen LogP contribution in [0.15, 0.2) is 22.7 Å². The lowest BCUT2D eigenvalue weighted by molar-refractivity contribution is -0.384. The molecule has 1 saturated heterocycles. The Kier molecular flexibility index (Phi) is 4.61. The van der Waals surface area contributed by atoms with Crippen molar-refractivity contribution in [2.45, 2.75) is 18.1 Å². The van der Waals surface area contributed by atoms with Crippen LogP contribution in [0.2, 0.25) is 0 Å². The number of nitro benzene ring substituents is 1. The maximum atomic E-state index is 12.2. The zero-order valence-corrected chi connectivity index (χ0v) is 12.9. The van der Waals surface area contributed by atoms with Crippen molar-refractivity contribution in [2.24, 2.45) is 0 Å². The number of hydrogen-bond acceptors (Lipinski definition) is 5. The molecule has 1 heterocycles. The van der Waals surface area contributed by atoms with E-state index < -0.39 is 20.2 Å². The lowest BCUT2D eigenvalue weighted by Crippen LogP contribution is -2.38. The first-order valence-corrected chi connectivity index (χ1v) is 8.40. The highest BCUT2D eigenvalue weighted by Gasteiger charge is 2.27. The van der Waals surface area contributed by atoms with Crippen LogP contribution in [0.1, 0.15) is 12.8 Å². The average molecular weight is 364 g/mol. The zero-order valence-electron chi connectivity index (χ0n) is 10.5. The largest absolute Gasteiger partial charge is 0.317 e. The van der Waals surface area contributed by atoms with Crippen molar-refractivity contribution in [1.29, 1.82) is 0 Å². The number of piperidine rings is 1. The summed E-state index contributed by atoms with van der Waals surface area (Å²) in [6.45, 7) is 1.35. The van der Waals surface area contributed by atoms with E-state index in [0.717, 1.165) is 0 Å². The Hall–Kier alpha value is -1.19. The van der Waals surface area contributed by atoms with Gasteiger partial charge < -0.3 is 5.32 Å². The van der Waals surface area contributed by atoms with Gasteiger partial charge in [-0.05, 0) is 47.9 Å². The zero-order chi connectivity index (χ0) is 14.8. The van der Waals surface area contributed by atoms with Crippen molar-refractivity contribution in [3.8, 4) is 0 Å². The van der Waals surface area contributed by atoms with E-state index in [1.54, 1.807) is 0 Å². The highest BCUT2D eigenvalue weighted by atomic mass is 79.9. The van der Waals surface area contributed by atoms with Crippen molar-refractivity contribution in [2.75, 3.05) is 17.8 Å². The number of non-ortho nitro benzene ring substituents is 1. The van der Waals surface area contributed by atoms with Crippen LogP contribution in [0.4, 0.5) is 11.4 Å². The van der Waals surface area contributed by atoms with Gasteiger partial charge >= 0.3 is 0 Å². The van der Waals surface area contributed by atoms with Gasteiger partial charge in [-0.25, -0.2) is 8.42 Å². The van der Waals surface area contributed by atoms with Gasteiger partial charge in [0, 0.05) is 16.6 Å². The molecular weight excluding hydrogens is 350 g/mol. The maximum Gasteiger partial charge on any atom is 0.270 e. The molecule has 1 fully saturated rings. The van der Waals surface area contributed by atoms with Gasteiger partial charge in [-0.2, -0.15) is 0 Å². The molecule has 7 nitrogen and oxygen atoms in total. The predicted octanol–water partition coefficient (Wildman–Crippen LogP) is 1.85. The van der Waals surface area contributed by atoms with Crippen molar-refractivity contribution in [3.05, 3.63) is 32.8 Å². The second kappa shape index (κ2) is 6.06. The van der Waals surface area contributed by atoms with Crippen LogP contribution < -0.4 is 10.0 Å².